The zero-order valence-corrected chi connectivity index (χ0v) is 19.6. The van der Waals surface area contributed by atoms with Crippen LogP contribution in [0.5, 0.6) is 5.75 Å². The first-order valence-electron chi connectivity index (χ1n) is 9.16. The molecule has 0 spiro atoms. The fourth-order valence-corrected chi connectivity index (χ4v) is 5.66. The van der Waals surface area contributed by atoms with E-state index in [1.54, 1.807) is 0 Å². The Morgan fingerprint density at radius 1 is 1.22 bits per heavy atom. The monoisotopic (exact) mass is 511 g/mol. The average molecular weight is 512 g/mol. The van der Waals surface area contributed by atoms with Crippen molar-refractivity contribution >= 4 is 39.1 Å². The second-order valence-corrected chi connectivity index (χ2v) is 10.4. The van der Waals surface area contributed by atoms with Crippen molar-refractivity contribution in [1.82, 2.24) is 5.32 Å². The summed E-state index contributed by atoms with van der Waals surface area (Å²) in [6, 6.07) is 5.19. The van der Waals surface area contributed by atoms with Gasteiger partial charge in [0.1, 0.15) is 5.75 Å². The van der Waals surface area contributed by atoms with Gasteiger partial charge in [0.2, 0.25) is 0 Å². The van der Waals surface area contributed by atoms with Crippen molar-refractivity contribution in [2.45, 2.75) is 41.5 Å². The number of benzene rings is 2. The number of amides is 1. The maximum absolute atomic E-state index is 13.7. The average Bonchev–Trinajstić information content (AvgIpc) is 2.71. The van der Waals surface area contributed by atoms with Gasteiger partial charge in [-0.05, 0) is 36.9 Å². The van der Waals surface area contributed by atoms with Crippen LogP contribution >= 0.6 is 23.4 Å². The molecule has 0 radical (unpaired) electrons. The van der Waals surface area contributed by atoms with E-state index in [9.17, 15) is 36.6 Å². The van der Waals surface area contributed by atoms with Gasteiger partial charge in [0.15, 0.2) is 15.4 Å². The molecule has 0 saturated heterocycles. The van der Waals surface area contributed by atoms with Crippen LogP contribution in [-0.2, 0) is 9.84 Å². The zero-order valence-electron chi connectivity index (χ0n) is 17.2. The van der Waals surface area contributed by atoms with Gasteiger partial charge in [0, 0.05) is 4.90 Å². The number of hydrogen-bond donors (Lipinski definition) is 3. The number of halogens is 4. The third-order valence-corrected chi connectivity index (χ3v) is 8.13. The van der Waals surface area contributed by atoms with Crippen LogP contribution in [0.15, 0.2) is 46.2 Å². The molecule has 3 N–H and O–H groups in total. The number of thioether (sulfide) groups is 1. The number of aromatic hydroxyl groups is 1. The Morgan fingerprint density at radius 3 is 2.31 bits per heavy atom. The molecule has 0 aliphatic rings. The first-order valence-corrected chi connectivity index (χ1v) is 12.4. The van der Waals surface area contributed by atoms with Crippen LogP contribution in [0.3, 0.4) is 0 Å². The second-order valence-electron chi connectivity index (χ2n) is 6.97. The van der Waals surface area contributed by atoms with Gasteiger partial charge in [-0.1, -0.05) is 36.7 Å². The smallest absolute Gasteiger partial charge is 0.419 e. The van der Waals surface area contributed by atoms with Gasteiger partial charge in [-0.15, -0.1) is 11.8 Å². The lowest BCUT2D eigenvalue weighted by atomic mass is 9.89. The van der Waals surface area contributed by atoms with E-state index in [-0.39, 0.29) is 31.7 Å². The van der Waals surface area contributed by atoms with Crippen LogP contribution in [0.2, 0.25) is 5.02 Å². The SMILES string of the molecule is CCS(=O)(=O)c1ccc(C(NC(=O)c2ccccc2O)C(C)(O)C(F)(F)F)c(Cl)c1SC. The topological polar surface area (TPSA) is 104 Å². The minimum atomic E-state index is -5.19. The largest absolute Gasteiger partial charge is 0.507 e. The second kappa shape index (κ2) is 9.50. The number of phenolic OH excluding ortho intramolecular Hbond substituents is 1. The van der Waals surface area contributed by atoms with Gasteiger partial charge in [-0.25, -0.2) is 8.42 Å². The van der Waals surface area contributed by atoms with Crippen molar-refractivity contribution in [1.29, 1.82) is 0 Å². The molecule has 0 saturated carbocycles. The van der Waals surface area contributed by atoms with Crippen LogP contribution in [0.1, 0.15) is 35.8 Å². The number of phenols is 1. The third kappa shape index (κ3) is 5.00. The summed E-state index contributed by atoms with van der Waals surface area (Å²) < 4.78 is 66.0. The van der Waals surface area contributed by atoms with Gasteiger partial charge in [-0.2, -0.15) is 13.2 Å². The van der Waals surface area contributed by atoms with Gasteiger partial charge < -0.3 is 15.5 Å². The highest BCUT2D eigenvalue weighted by Gasteiger charge is 2.56. The summed E-state index contributed by atoms with van der Waals surface area (Å²) in [6.45, 7) is 1.87. The minimum absolute atomic E-state index is 0.00852. The van der Waals surface area contributed by atoms with Crippen LogP contribution in [0.25, 0.3) is 0 Å². The predicted molar refractivity (Wildman–Crippen MR) is 116 cm³/mol. The van der Waals surface area contributed by atoms with Gasteiger partial charge >= 0.3 is 6.18 Å². The number of aliphatic hydroxyl groups is 1. The Labute approximate surface area is 192 Å². The molecule has 32 heavy (non-hydrogen) atoms. The van der Waals surface area contributed by atoms with Crippen molar-refractivity contribution < 1.29 is 36.6 Å². The molecule has 0 bridgehead atoms. The fraction of sp³-hybridized carbons (Fsp3) is 0.350. The molecule has 2 atom stereocenters. The molecule has 0 aliphatic heterocycles. The molecular formula is C20H21ClF3NO5S2. The molecule has 1 amide bonds. The van der Waals surface area contributed by atoms with Gasteiger partial charge in [0.05, 0.1) is 27.3 Å². The number of hydrogen-bond acceptors (Lipinski definition) is 6. The summed E-state index contributed by atoms with van der Waals surface area (Å²) in [5, 5.41) is 22.0. The zero-order chi connectivity index (χ0) is 24.5. The first kappa shape index (κ1) is 26.3. The maximum Gasteiger partial charge on any atom is 0.419 e. The standard InChI is InChI=1S/C20H21ClF3NO5S2/c1-4-32(29,30)14-10-9-12(15(21)16(14)31-3)17(19(2,28)20(22,23)24)25-18(27)11-7-5-6-8-13(11)26/h5-10,17,26,28H,4H2,1-3H3,(H,25,27). The van der Waals surface area contributed by atoms with Crippen molar-refractivity contribution in [3.63, 3.8) is 0 Å². The Kier molecular flexibility index (Phi) is 7.81. The lowest BCUT2D eigenvalue weighted by molar-refractivity contribution is -0.263. The predicted octanol–water partition coefficient (Wildman–Crippen LogP) is 4.35. The number of sulfone groups is 1. The normalized spacial score (nSPS) is 15.1. The van der Waals surface area contributed by atoms with Crippen LogP contribution in [0.4, 0.5) is 13.2 Å². The van der Waals surface area contributed by atoms with Crippen LogP contribution in [-0.4, -0.2) is 48.3 Å². The molecule has 2 aromatic rings. The summed E-state index contributed by atoms with van der Waals surface area (Å²) in [6.07, 6.45) is -3.70. The van der Waals surface area contributed by atoms with E-state index >= 15 is 0 Å². The molecule has 176 valence electrons. The first-order chi connectivity index (χ1) is 14.7. The van der Waals surface area contributed by atoms with Gasteiger partial charge in [0.25, 0.3) is 5.91 Å². The Hall–Kier alpha value is -1.95. The van der Waals surface area contributed by atoms with E-state index in [4.69, 9.17) is 11.6 Å². The number of carbonyl (C=O) groups is 1. The minimum Gasteiger partial charge on any atom is -0.507 e. The molecule has 0 aliphatic carbocycles. The highest BCUT2D eigenvalue weighted by Crippen LogP contribution is 2.45. The van der Waals surface area contributed by atoms with E-state index in [1.165, 1.54) is 37.4 Å². The fourth-order valence-electron chi connectivity index (χ4n) is 2.93. The summed E-state index contributed by atoms with van der Waals surface area (Å²) >= 11 is 7.23. The van der Waals surface area contributed by atoms with Crippen LogP contribution < -0.4 is 5.32 Å². The molecule has 0 aromatic heterocycles. The van der Waals surface area contributed by atoms with E-state index in [0.717, 1.165) is 23.9 Å². The Morgan fingerprint density at radius 2 is 1.81 bits per heavy atom. The number of rotatable bonds is 7. The summed E-state index contributed by atoms with van der Waals surface area (Å²) in [4.78, 5) is 12.5. The molecule has 12 heteroatoms. The van der Waals surface area contributed by atoms with Crippen molar-refractivity contribution in [2.75, 3.05) is 12.0 Å². The van der Waals surface area contributed by atoms with Crippen molar-refractivity contribution in [3.8, 4) is 5.75 Å². The van der Waals surface area contributed by atoms with E-state index in [0.29, 0.717) is 6.92 Å². The molecule has 0 fully saturated rings. The summed E-state index contributed by atoms with van der Waals surface area (Å²) in [5.41, 5.74) is -4.14. The lowest BCUT2D eigenvalue weighted by Gasteiger charge is -2.36. The quantitative estimate of drug-likeness (QED) is 0.478. The Balaban J connectivity index is 2.71. The van der Waals surface area contributed by atoms with E-state index < -0.39 is 39.3 Å². The van der Waals surface area contributed by atoms with Crippen LogP contribution in [0, 0.1) is 0 Å². The van der Waals surface area contributed by atoms with E-state index in [1.807, 2.05) is 0 Å². The molecule has 2 aromatic carbocycles. The lowest BCUT2D eigenvalue weighted by Crippen LogP contribution is -2.53. The number of carbonyl (C=O) groups excluding carboxylic acids is 1. The number of nitrogens with one attached hydrogen (secondary N) is 1. The van der Waals surface area contributed by atoms with Gasteiger partial charge in [-0.3, -0.25) is 4.79 Å². The highest BCUT2D eigenvalue weighted by atomic mass is 35.5. The Bertz CT molecular complexity index is 1120. The summed E-state index contributed by atoms with van der Waals surface area (Å²) in [5.74, 6) is -1.83. The number of alkyl halides is 3. The van der Waals surface area contributed by atoms with Crippen molar-refractivity contribution in [2.24, 2.45) is 0 Å². The highest BCUT2D eigenvalue weighted by molar-refractivity contribution is 7.99. The third-order valence-electron chi connectivity index (χ3n) is 4.88. The maximum atomic E-state index is 13.7. The molecule has 2 unspecified atom stereocenters. The van der Waals surface area contributed by atoms with Crippen molar-refractivity contribution in [3.05, 3.63) is 52.5 Å². The van der Waals surface area contributed by atoms with E-state index in [2.05, 4.69) is 5.32 Å². The summed E-state index contributed by atoms with van der Waals surface area (Å²) in [7, 11) is -3.75. The molecular weight excluding hydrogens is 491 g/mol. The molecule has 0 heterocycles. The molecule has 6 nitrogen and oxygen atoms in total. The number of para-hydroxylation sites is 1. The molecule has 2 rings (SSSR count).